The summed E-state index contributed by atoms with van der Waals surface area (Å²) in [6.07, 6.45) is 4.18. The summed E-state index contributed by atoms with van der Waals surface area (Å²) in [5, 5.41) is 22.6. The zero-order chi connectivity index (χ0) is 16.8. The van der Waals surface area contributed by atoms with Crippen LogP contribution in [0.15, 0.2) is 24.5 Å². The minimum Gasteiger partial charge on any atom is -0.478 e. The second-order valence-corrected chi connectivity index (χ2v) is 6.80. The van der Waals surface area contributed by atoms with Crippen LogP contribution in [0.25, 0.3) is 0 Å². The molecule has 2 aliphatic rings. The van der Waals surface area contributed by atoms with Crippen molar-refractivity contribution >= 4 is 11.7 Å². The first kappa shape index (κ1) is 14.8. The van der Waals surface area contributed by atoms with Crippen molar-refractivity contribution in [2.24, 2.45) is 11.8 Å². The minimum atomic E-state index is -0.987. The molecule has 1 aromatic carbocycles. The molecule has 1 aliphatic heterocycles. The molecule has 6 heteroatoms. The average molecular weight is 322 g/mol. The predicted octanol–water partition coefficient (Wildman–Crippen LogP) is 2.27. The normalized spacial score (nSPS) is 21.4. The summed E-state index contributed by atoms with van der Waals surface area (Å²) in [7, 11) is 0. The van der Waals surface area contributed by atoms with Gasteiger partial charge in [0.25, 0.3) is 0 Å². The van der Waals surface area contributed by atoms with Crippen LogP contribution in [-0.4, -0.2) is 33.9 Å². The van der Waals surface area contributed by atoms with Crippen molar-refractivity contribution in [3.8, 4) is 6.07 Å². The number of carboxylic acids is 1. The van der Waals surface area contributed by atoms with Gasteiger partial charge in [0.2, 0.25) is 0 Å². The van der Waals surface area contributed by atoms with E-state index >= 15 is 0 Å². The average Bonchev–Trinajstić information content (AvgIpc) is 2.98. The lowest BCUT2D eigenvalue weighted by Crippen LogP contribution is -2.23. The van der Waals surface area contributed by atoms with Crippen LogP contribution in [0.1, 0.15) is 33.5 Å². The van der Waals surface area contributed by atoms with E-state index in [1.807, 2.05) is 13.0 Å². The molecule has 0 radical (unpaired) electrons. The van der Waals surface area contributed by atoms with Crippen LogP contribution in [0, 0.1) is 30.1 Å². The van der Waals surface area contributed by atoms with Gasteiger partial charge in [-0.1, -0.05) is 0 Å². The Morgan fingerprint density at radius 1 is 1.42 bits per heavy atom. The van der Waals surface area contributed by atoms with Gasteiger partial charge in [0.15, 0.2) is 0 Å². The number of rotatable bonds is 4. The number of anilines is 1. The second-order valence-electron chi connectivity index (χ2n) is 6.80. The smallest absolute Gasteiger partial charge is 0.338 e. The number of fused-ring (bicyclic) bond motifs is 1. The molecule has 4 rings (SSSR count). The lowest BCUT2D eigenvalue weighted by Gasteiger charge is -2.23. The molecule has 1 saturated carbocycles. The highest BCUT2D eigenvalue weighted by molar-refractivity contribution is 5.86. The maximum atomic E-state index is 11.0. The van der Waals surface area contributed by atoms with E-state index in [0.29, 0.717) is 12.1 Å². The Hall–Kier alpha value is -2.81. The highest BCUT2D eigenvalue weighted by Gasteiger charge is 2.45. The van der Waals surface area contributed by atoms with Gasteiger partial charge in [-0.05, 0) is 48.4 Å². The van der Waals surface area contributed by atoms with Gasteiger partial charge in [0, 0.05) is 19.3 Å². The summed E-state index contributed by atoms with van der Waals surface area (Å²) < 4.78 is 1.59. The van der Waals surface area contributed by atoms with Crippen LogP contribution >= 0.6 is 0 Å². The molecule has 0 amide bonds. The number of aromatic carboxylic acids is 1. The third kappa shape index (κ3) is 2.52. The van der Waals surface area contributed by atoms with Crippen LogP contribution in [0.3, 0.4) is 0 Å². The largest absolute Gasteiger partial charge is 0.478 e. The van der Waals surface area contributed by atoms with Crippen molar-refractivity contribution in [3.05, 3.63) is 46.8 Å². The van der Waals surface area contributed by atoms with E-state index in [1.54, 1.807) is 4.68 Å². The van der Waals surface area contributed by atoms with Gasteiger partial charge in [0.1, 0.15) is 6.07 Å². The highest BCUT2D eigenvalue weighted by Crippen LogP contribution is 2.47. The number of carboxylic acid groups (broad SMARTS) is 1. The van der Waals surface area contributed by atoms with Crippen molar-refractivity contribution < 1.29 is 9.90 Å². The van der Waals surface area contributed by atoms with Gasteiger partial charge < -0.3 is 10.0 Å². The Bertz CT molecular complexity index is 854. The number of nitriles is 1. The number of hydrogen-bond acceptors (Lipinski definition) is 4. The number of carbonyl (C=O) groups is 1. The lowest BCUT2D eigenvalue weighted by atomic mass is 10.0. The van der Waals surface area contributed by atoms with Crippen LogP contribution in [0.2, 0.25) is 0 Å². The minimum absolute atomic E-state index is 0.168. The number of benzene rings is 1. The number of piperidine rings is 1. The molecule has 0 bridgehead atoms. The molecule has 2 atom stereocenters. The highest BCUT2D eigenvalue weighted by atomic mass is 16.4. The van der Waals surface area contributed by atoms with E-state index in [0.717, 1.165) is 41.7 Å². The summed E-state index contributed by atoms with van der Waals surface area (Å²) in [4.78, 5) is 13.3. The summed E-state index contributed by atoms with van der Waals surface area (Å²) in [5.41, 5.74) is 3.96. The summed E-state index contributed by atoms with van der Waals surface area (Å²) in [6, 6.07) is 6.31. The van der Waals surface area contributed by atoms with Gasteiger partial charge in [-0.15, -0.1) is 0 Å². The first-order chi connectivity index (χ1) is 11.5. The zero-order valence-electron chi connectivity index (χ0n) is 13.4. The van der Waals surface area contributed by atoms with Gasteiger partial charge in [-0.2, -0.15) is 10.4 Å². The predicted molar refractivity (Wildman–Crippen MR) is 88.0 cm³/mol. The first-order valence-corrected chi connectivity index (χ1v) is 8.09. The van der Waals surface area contributed by atoms with Crippen LogP contribution in [0.4, 0.5) is 5.69 Å². The molecular weight excluding hydrogens is 304 g/mol. The van der Waals surface area contributed by atoms with Crippen LogP contribution in [0.5, 0.6) is 0 Å². The molecule has 2 aromatic rings. The van der Waals surface area contributed by atoms with Crippen LogP contribution in [-0.2, 0) is 6.54 Å². The van der Waals surface area contributed by atoms with Crippen molar-refractivity contribution in [2.45, 2.75) is 19.9 Å². The fraction of sp³-hybridized carbons (Fsp3) is 0.389. The molecule has 1 aromatic heterocycles. The molecule has 1 saturated heterocycles. The first-order valence-electron chi connectivity index (χ1n) is 8.09. The van der Waals surface area contributed by atoms with E-state index < -0.39 is 5.97 Å². The molecule has 24 heavy (non-hydrogen) atoms. The topological polar surface area (TPSA) is 82.2 Å². The molecule has 2 fully saturated rings. The van der Waals surface area contributed by atoms with E-state index in [9.17, 15) is 10.1 Å². The number of aryl methyl sites for hydroxylation is 1. The van der Waals surface area contributed by atoms with E-state index in [4.69, 9.17) is 5.11 Å². The Morgan fingerprint density at radius 3 is 2.79 bits per heavy atom. The lowest BCUT2D eigenvalue weighted by molar-refractivity contribution is 0.0697. The molecule has 0 spiro atoms. The number of hydrogen-bond donors (Lipinski definition) is 1. The monoisotopic (exact) mass is 322 g/mol. The van der Waals surface area contributed by atoms with Gasteiger partial charge in [-0.3, -0.25) is 4.68 Å². The maximum Gasteiger partial charge on any atom is 0.338 e. The molecule has 2 heterocycles. The Morgan fingerprint density at radius 2 is 2.17 bits per heavy atom. The third-order valence-corrected chi connectivity index (χ3v) is 5.11. The summed E-state index contributed by atoms with van der Waals surface area (Å²) in [6.45, 7) is 4.59. The molecule has 1 N–H and O–H groups in total. The molecule has 6 nitrogen and oxygen atoms in total. The molecule has 122 valence electrons. The van der Waals surface area contributed by atoms with Crippen molar-refractivity contribution in [2.75, 3.05) is 18.0 Å². The van der Waals surface area contributed by atoms with Crippen LogP contribution < -0.4 is 4.90 Å². The second kappa shape index (κ2) is 5.38. The van der Waals surface area contributed by atoms with Crippen molar-refractivity contribution in [1.82, 2.24) is 9.78 Å². The maximum absolute atomic E-state index is 11.0. The summed E-state index contributed by atoms with van der Waals surface area (Å²) >= 11 is 0. The van der Waals surface area contributed by atoms with Gasteiger partial charge >= 0.3 is 5.97 Å². The van der Waals surface area contributed by atoms with Crippen molar-refractivity contribution in [1.29, 1.82) is 5.26 Å². The van der Waals surface area contributed by atoms with E-state index in [1.165, 1.54) is 18.8 Å². The van der Waals surface area contributed by atoms with E-state index in [2.05, 4.69) is 22.1 Å². The van der Waals surface area contributed by atoms with Gasteiger partial charge in [-0.25, -0.2) is 4.79 Å². The Labute approximate surface area is 139 Å². The van der Waals surface area contributed by atoms with E-state index in [-0.39, 0.29) is 5.56 Å². The SMILES string of the molecule is Cc1cc(N2CC3CC3C2)c(C#N)cc1Cn1cc(C(=O)O)cn1. The standard InChI is InChI=1S/C18H18N4O2/c1-11-2-17(21-7-14-4-15(14)8-21)12(5-19)3-13(11)9-22-10-16(6-20-22)18(23)24/h2-3,6,10,14-15H,4,7-9H2,1H3,(H,23,24). The Balaban J connectivity index is 1.61. The fourth-order valence-corrected chi connectivity index (χ4v) is 3.59. The number of nitrogens with zero attached hydrogens (tertiary/aromatic N) is 4. The van der Waals surface area contributed by atoms with Crippen molar-refractivity contribution in [3.63, 3.8) is 0 Å². The Kier molecular flexibility index (Phi) is 3.31. The quantitative estimate of drug-likeness (QED) is 0.933. The molecule has 2 unspecified atom stereocenters. The molecule has 1 aliphatic carbocycles. The summed E-state index contributed by atoms with van der Waals surface area (Å²) in [5.74, 6) is 0.642. The third-order valence-electron chi connectivity index (χ3n) is 5.11. The van der Waals surface area contributed by atoms with Gasteiger partial charge in [0.05, 0.1) is 29.6 Å². The zero-order valence-corrected chi connectivity index (χ0v) is 13.4. The molecular formula is C18H18N4O2. The fourth-order valence-electron chi connectivity index (χ4n) is 3.59. The number of aromatic nitrogens is 2.